The Morgan fingerprint density at radius 2 is 0.900 bits per heavy atom. The standard InChI is InChI=1S/C29H38O/c1-24-9-21-10-25(2,15-24)18-28(13-21,17-24)7-5-23(30)6-8-29-14-22-11-26(3,19-29)16-27(4,12-22)20-29/h21-22H,9-20H2,1-4H3. The number of hydrogen-bond donors (Lipinski definition) is 0. The number of carbonyl (C=O) groups excluding carboxylic acids is 1. The van der Waals surface area contributed by atoms with Crippen LogP contribution in [-0.4, -0.2) is 5.78 Å². The monoisotopic (exact) mass is 402 g/mol. The van der Waals surface area contributed by atoms with Crippen LogP contribution >= 0.6 is 0 Å². The maximum atomic E-state index is 12.8. The normalized spacial score (nSPS) is 56.8. The van der Waals surface area contributed by atoms with Gasteiger partial charge < -0.3 is 0 Å². The molecule has 0 radical (unpaired) electrons. The summed E-state index contributed by atoms with van der Waals surface area (Å²) in [5, 5.41) is 0. The second kappa shape index (κ2) is 5.58. The lowest BCUT2D eigenvalue weighted by molar-refractivity contribution is -0.121. The van der Waals surface area contributed by atoms with E-state index in [-0.39, 0.29) is 16.6 Å². The molecule has 8 bridgehead atoms. The molecular formula is C29H38O. The van der Waals surface area contributed by atoms with E-state index in [1.807, 2.05) is 0 Å². The summed E-state index contributed by atoms with van der Waals surface area (Å²) < 4.78 is 0. The van der Waals surface area contributed by atoms with Crippen molar-refractivity contribution in [2.45, 2.75) is 105 Å². The van der Waals surface area contributed by atoms with Crippen molar-refractivity contribution in [1.82, 2.24) is 0 Å². The lowest BCUT2D eigenvalue weighted by Crippen LogP contribution is -2.54. The minimum Gasteiger partial charge on any atom is -0.270 e. The van der Waals surface area contributed by atoms with Gasteiger partial charge in [-0.25, -0.2) is 0 Å². The van der Waals surface area contributed by atoms with Crippen LogP contribution in [0.3, 0.4) is 0 Å². The van der Waals surface area contributed by atoms with Crippen molar-refractivity contribution >= 4 is 5.78 Å². The maximum Gasteiger partial charge on any atom is 0.279 e. The first-order chi connectivity index (χ1) is 13.9. The van der Waals surface area contributed by atoms with E-state index < -0.39 is 0 Å². The van der Waals surface area contributed by atoms with E-state index in [9.17, 15) is 4.79 Å². The van der Waals surface area contributed by atoms with E-state index in [0.29, 0.717) is 21.7 Å². The van der Waals surface area contributed by atoms with Crippen LogP contribution in [0.4, 0.5) is 0 Å². The highest BCUT2D eigenvalue weighted by Gasteiger charge is 2.60. The predicted octanol–water partition coefficient (Wildman–Crippen LogP) is 6.56. The van der Waals surface area contributed by atoms with Crippen molar-refractivity contribution in [3.8, 4) is 23.7 Å². The Kier molecular flexibility index (Phi) is 3.62. The molecule has 0 aromatic rings. The zero-order chi connectivity index (χ0) is 21.0. The molecule has 160 valence electrons. The van der Waals surface area contributed by atoms with E-state index in [0.717, 1.165) is 11.8 Å². The highest BCUT2D eigenvalue weighted by molar-refractivity contribution is 6.09. The number of ketones is 1. The second-order valence-electron chi connectivity index (χ2n) is 14.6. The van der Waals surface area contributed by atoms with E-state index in [1.165, 1.54) is 77.0 Å². The van der Waals surface area contributed by atoms with E-state index in [4.69, 9.17) is 0 Å². The first-order valence-electron chi connectivity index (χ1n) is 12.5. The van der Waals surface area contributed by atoms with E-state index in [1.54, 1.807) is 0 Å². The average molecular weight is 403 g/mol. The zero-order valence-corrected chi connectivity index (χ0v) is 19.5. The van der Waals surface area contributed by atoms with Crippen molar-refractivity contribution in [3.05, 3.63) is 0 Å². The Balaban J connectivity index is 1.24. The molecular weight excluding hydrogens is 364 g/mol. The van der Waals surface area contributed by atoms with Crippen molar-refractivity contribution < 1.29 is 4.79 Å². The van der Waals surface area contributed by atoms with E-state index >= 15 is 0 Å². The Labute approximate surface area is 183 Å². The fourth-order valence-electron chi connectivity index (χ4n) is 11.6. The summed E-state index contributed by atoms with van der Waals surface area (Å²) in [6.45, 7) is 9.90. The molecule has 8 aliphatic carbocycles. The summed E-state index contributed by atoms with van der Waals surface area (Å²) >= 11 is 0. The fraction of sp³-hybridized carbons (Fsp3) is 0.828. The summed E-state index contributed by atoms with van der Waals surface area (Å²) in [6, 6.07) is 0. The summed E-state index contributed by atoms with van der Waals surface area (Å²) in [6.07, 6.45) is 15.4. The SMILES string of the molecule is CC12CC3CC(C)(C1)CC(C#CC(=O)C#CC14CC5CC(C)(CC(C)(C5)C1)C4)(C3)C2. The first kappa shape index (κ1) is 19.5. The van der Waals surface area contributed by atoms with Gasteiger partial charge in [-0.05, 0) is 122 Å². The van der Waals surface area contributed by atoms with Crippen molar-refractivity contribution in [1.29, 1.82) is 0 Å². The molecule has 0 amide bonds. The molecule has 0 aliphatic heterocycles. The summed E-state index contributed by atoms with van der Waals surface area (Å²) in [4.78, 5) is 12.8. The molecule has 4 atom stereocenters. The Hall–Kier alpha value is -1.21. The van der Waals surface area contributed by atoms with Crippen LogP contribution in [0.1, 0.15) is 105 Å². The minimum atomic E-state index is -0.118. The van der Waals surface area contributed by atoms with Crippen LogP contribution in [0.15, 0.2) is 0 Å². The third kappa shape index (κ3) is 3.02. The van der Waals surface area contributed by atoms with Gasteiger partial charge in [0.05, 0.1) is 0 Å². The molecule has 0 aromatic heterocycles. The van der Waals surface area contributed by atoms with Gasteiger partial charge in [0.1, 0.15) is 0 Å². The van der Waals surface area contributed by atoms with Gasteiger partial charge in [0.25, 0.3) is 5.78 Å². The average Bonchev–Trinajstić information content (AvgIpc) is 2.52. The molecule has 1 nitrogen and oxygen atoms in total. The molecule has 1 heteroatoms. The number of hydrogen-bond acceptors (Lipinski definition) is 1. The lowest BCUT2D eigenvalue weighted by atomic mass is 9.40. The summed E-state index contributed by atoms with van der Waals surface area (Å²) in [5.74, 6) is 14.7. The minimum absolute atomic E-state index is 0.0852. The smallest absolute Gasteiger partial charge is 0.270 e. The van der Waals surface area contributed by atoms with E-state index in [2.05, 4.69) is 51.4 Å². The first-order valence-corrected chi connectivity index (χ1v) is 12.5. The van der Waals surface area contributed by atoms with Crippen LogP contribution in [0.2, 0.25) is 0 Å². The second-order valence-corrected chi connectivity index (χ2v) is 14.6. The zero-order valence-electron chi connectivity index (χ0n) is 19.5. The molecule has 8 fully saturated rings. The molecule has 0 heterocycles. The molecule has 30 heavy (non-hydrogen) atoms. The predicted molar refractivity (Wildman–Crippen MR) is 120 cm³/mol. The van der Waals surface area contributed by atoms with Crippen LogP contribution in [-0.2, 0) is 4.79 Å². The number of rotatable bonds is 0. The van der Waals surface area contributed by atoms with Crippen LogP contribution in [0.5, 0.6) is 0 Å². The topological polar surface area (TPSA) is 17.1 Å². The molecule has 0 N–H and O–H groups in total. The maximum absolute atomic E-state index is 12.8. The highest BCUT2D eigenvalue weighted by atomic mass is 16.1. The van der Waals surface area contributed by atoms with Gasteiger partial charge in [0, 0.05) is 10.8 Å². The van der Waals surface area contributed by atoms with Crippen LogP contribution in [0.25, 0.3) is 0 Å². The Bertz CT molecular complexity index is 834. The molecule has 0 spiro atoms. The molecule has 8 saturated carbocycles. The third-order valence-electron chi connectivity index (χ3n) is 10.1. The summed E-state index contributed by atoms with van der Waals surface area (Å²) in [5.41, 5.74) is 1.95. The Morgan fingerprint density at radius 3 is 1.20 bits per heavy atom. The van der Waals surface area contributed by atoms with Gasteiger partial charge in [-0.3, -0.25) is 4.79 Å². The number of carbonyl (C=O) groups is 1. The summed E-state index contributed by atoms with van der Waals surface area (Å²) in [7, 11) is 0. The van der Waals surface area contributed by atoms with Crippen LogP contribution < -0.4 is 0 Å². The third-order valence-corrected chi connectivity index (χ3v) is 10.1. The number of Topliss-reactive ketones (excluding diaryl/α,β-unsaturated/α-hetero) is 1. The molecule has 8 aliphatic rings. The van der Waals surface area contributed by atoms with Crippen molar-refractivity contribution in [2.24, 2.45) is 44.3 Å². The Morgan fingerprint density at radius 1 is 0.567 bits per heavy atom. The molecule has 4 unspecified atom stereocenters. The highest BCUT2D eigenvalue weighted by Crippen LogP contribution is 2.70. The lowest BCUT2D eigenvalue weighted by Gasteiger charge is -2.64. The van der Waals surface area contributed by atoms with Crippen LogP contribution in [0, 0.1) is 68.0 Å². The molecule has 8 rings (SSSR count). The van der Waals surface area contributed by atoms with Gasteiger partial charge >= 0.3 is 0 Å². The fourth-order valence-corrected chi connectivity index (χ4v) is 11.6. The largest absolute Gasteiger partial charge is 0.279 e. The van der Waals surface area contributed by atoms with Gasteiger partial charge in [-0.1, -0.05) is 39.5 Å². The van der Waals surface area contributed by atoms with Crippen molar-refractivity contribution in [2.75, 3.05) is 0 Å². The van der Waals surface area contributed by atoms with Crippen molar-refractivity contribution in [3.63, 3.8) is 0 Å². The molecule has 0 aromatic carbocycles. The van der Waals surface area contributed by atoms with Gasteiger partial charge in [-0.15, -0.1) is 0 Å². The van der Waals surface area contributed by atoms with Gasteiger partial charge in [0.2, 0.25) is 0 Å². The quantitative estimate of drug-likeness (QED) is 0.331. The molecule has 0 saturated heterocycles. The van der Waals surface area contributed by atoms with Gasteiger partial charge in [-0.2, -0.15) is 0 Å². The van der Waals surface area contributed by atoms with Gasteiger partial charge in [0.15, 0.2) is 0 Å².